The number of aromatic nitrogens is 1. The molecule has 2 N–H and O–H groups in total. The Labute approximate surface area is 130 Å². The third-order valence-electron chi connectivity index (χ3n) is 3.07. The first-order valence-electron chi connectivity index (χ1n) is 6.50. The number of aryl methyl sites for hydroxylation is 1. The Hall–Kier alpha value is -0.850. The van der Waals surface area contributed by atoms with Crippen LogP contribution in [0.1, 0.15) is 12.5 Å². The number of nitrogens with two attached hydrogens (primary N) is 1. The van der Waals surface area contributed by atoms with E-state index in [1.54, 1.807) is 12.1 Å². The Balaban J connectivity index is 2.27. The number of alkyl halides is 3. The Bertz CT molecular complexity index is 622. The summed E-state index contributed by atoms with van der Waals surface area (Å²) in [4.78, 5) is 0. The highest BCUT2D eigenvalue weighted by Gasteiger charge is 2.27. The van der Waals surface area contributed by atoms with E-state index in [2.05, 4.69) is 0 Å². The molecule has 0 aliphatic heterocycles. The Kier molecular flexibility index (Phi) is 5.11. The zero-order valence-corrected chi connectivity index (χ0v) is 13.0. The van der Waals surface area contributed by atoms with Gasteiger partial charge in [-0.1, -0.05) is 17.7 Å². The number of hydrogen-bond acceptors (Lipinski definition) is 2. The van der Waals surface area contributed by atoms with Crippen LogP contribution < -0.4 is 5.73 Å². The number of rotatable bonds is 5. The predicted molar refractivity (Wildman–Crippen MR) is 82.8 cm³/mol. The first kappa shape index (κ1) is 16.5. The van der Waals surface area contributed by atoms with Crippen molar-refractivity contribution < 1.29 is 13.2 Å². The first-order valence-corrected chi connectivity index (χ1v) is 7.86. The lowest BCUT2D eigenvalue weighted by atomic mass is 10.1. The standard InChI is InChI=1S/C14H16ClF3N2S/c1-9(19)6-10-8-20(4-5-21-14(16,17)18)13-7-11(15)2-3-12(10)13/h2-3,7-9H,4-6,19H2,1H3. The minimum absolute atomic E-state index is 0.00993. The molecule has 1 atom stereocenters. The fourth-order valence-electron chi connectivity index (χ4n) is 2.30. The molecule has 0 radical (unpaired) electrons. The Morgan fingerprint density at radius 3 is 2.71 bits per heavy atom. The van der Waals surface area contributed by atoms with Crippen LogP contribution in [0, 0.1) is 0 Å². The number of fused-ring (bicyclic) bond motifs is 1. The van der Waals surface area contributed by atoms with E-state index in [1.165, 1.54) is 0 Å². The smallest absolute Gasteiger partial charge is 0.346 e. The lowest BCUT2D eigenvalue weighted by Crippen LogP contribution is -2.17. The molecule has 1 aromatic carbocycles. The zero-order chi connectivity index (χ0) is 15.6. The van der Waals surface area contributed by atoms with Gasteiger partial charge in [-0.05, 0) is 42.8 Å². The monoisotopic (exact) mass is 336 g/mol. The largest absolute Gasteiger partial charge is 0.441 e. The molecule has 0 aliphatic rings. The van der Waals surface area contributed by atoms with Gasteiger partial charge in [0.25, 0.3) is 0 Å². The second-order valence-electron chi connectivity index (χ2n) is 4.98. The molecule has 7 heteroatoms. The van der Waals surface area contributed by atoms with E-state index in [0.29, 0.717) is 11.4 Å². The average Bonchev–Trinajstić information content (AvgIpc) is 2.65. The van der Waals surface area contributed by atoms with Gasteiger partial charge in [0.2, 0.25) is 0 Å². The van der Waals surface area contributed by atoms with E-state index in [4.69, 9.17) is 17.3 Å². The highest BCUT2D eigenvalue weighted by molar-refractivity contribution is 8.00. The normalized spacial score (nSPS) is 13.8. The third kappa shape index (κ3) is 4.56. The summed E-state index contributed by atoms with van der Waals surface area (Å²) >= 11 is 5.97. The van der Waals surface area contributed by atoms with Gasteiger partial charge >= 0.3 is 5.51 Å². The summed E-state index contributed by atoms with van der Waals surface area (Å²) < 4.78 is 38.5. The van der Waals surface area contributed by atoms with Crippen LogP contribution in [0.3, 0.4) is 0 Å². The minimum atomic E-state index is -4.20. The van der Waals surface area contributed by atoms with Crippen molar-refractivity contribution >= 4 is 34.3 Å². The lowest BCUT2D eigenvalue weighted by molar-refractivity contribution is -0.0328. The number of halogens is 4. The fraction of sp³-hybridized carbons (Fsp3) is 0.429. The minimum Gasteiger partial charge on any atom is -0.346 e. The summed E-state index contributed by atoms with van der Waals surface area (Å²) in [6.07, 6.45) is 2.55. The van der Waals surface area contributed by atoms with Crippen LogP contribution in [0.5, 0.6) is 0 Å². The number of nitrogens with zero attached hydrogens (tertiary/aromatic N) is 1. The maximum absolute atomic E-state index is 12.2. The maximum Gasteiger partial charge on any atom is 0.441 e. The van der Waals surface area contributed by atoms with Crippen molar-refractivity contribution in [2.75, 3.05) is 5.75 Å². The lowest BCUT2D eigenvalue weighted by Gasteiger charge is -2.07. The molecule has 0 aliphatic carbocycles. The van der Waals surface area contributed by atoms with Crippen molar-refractivity contribution in [1.82, 2.24) is 4.57 Å². The second kappa shape index (κ2) is 6.50. The summed E-state index contributed by atoms with van der Waals surface area (Å²) in [6.45, 7) is 2.18. The molecule has 2 rings (SSSR count). The summed E-state index contributed by atoms with van der Waals surface area (Å²) in [7, 11) is 0. The van der Waals surface area contributed by atoms with Crippen LogP contribution in [-0.2, 0) is 13.0 Å². The number of hydrogen-bond donors (Lipinski definition) is 1. The van der Waals surface area contributed by atoms with Crippen molar-refractivity contribution in [3.63, 3.8) is 0 Å². The van der Waals surface area contributed by atoms with E-state index in [9.17, 15) is 13.2 Å². The van der Waals surface area contributed by atoms with Gasteiger partial charge < -0.3 is 10.3 Å². The summed E-state index contributed by atoms with van der Waals surface area (Å²) in [6, 6.07) is 5.44. The molecule has 0 bridgehead atoms. The van der Waals surface area contributed by atoms with E-state index in [0.717, 1.165) is 16.5 Å². The van der Waals surface area contributed by atoms with Gasteiger partial charge in [0, 0.05) is 40.5 Å². The number of benzene rings is 1. The van der Waals surface area contributed by atoms with Crippen LogP contribution in [-0.4, -0.2) is 21.9 Å². The summed E-state index contributed by atoms with van der Waals surface area (Å²) in [5.74, 6) is -0.0303. The predicted octanol–water partition coefficient (Wildman–Crippen LogP) is 4.44. The summed E-state index contributed by atoms with van der Waals surface area (Å²) in [5.41, 5.74) is 3.51. The topological polar surface area (TPSA) is 30.9 Å². The molecule has 0 fully saturated rings. The molecular formula is C14H16ClF3N2S. The molecule has 0 saturated carbocycles. The van der Waals surface area contributed by atoms with Gasteiger partial charge in [-0.25, -0.2) is 0 Å². The van der Waals surface area contributed by atoms with E-state index >= 15 is 0 Å². The molecular weight excluding hydrogens is 321 g/mol. The van der Waals surface area contributed by atoms with Crippen LogP contribution in [0.2, 0.25) is 5.02 Å². The summed E-state index contributed by atoms with van der Waals surface area (Å²) in [5, 5.41) is 1.56. The van der Waals surface area contributed by atoms with E-state index in [-0.39, 0.29) is 30.1 Å². The van der Waals surface area contributed by atoms with Crippen molar-refractivity contribution in [1.29, 1.82) is 0 Å². The van der Waals surface area contributed by atoms with Gasteiger partial charge in [-0.3, -0.25) is 0 Å². The van der Waals surface area contributed by atoms with Crippen LogP contribution >= 0.6 is 23.4 Å². The van der Waals surface area contributed by atoms with Crippen molar-refractivity contribution in [3.8, 4) is 0 Å². The van der Waals surface area contributed by atoms with Gasteiger partial charge in [0.15, 0.2) is 0 Å². The molecule has 0 spiro atoms. The molecule has 0 amide bonds. The first-order chi connectivity index (χ1) is 9.76. The van der Waals surface area contributed by atoms with Crippen LogP contribution in [0.15, 0.2) is 24.4 Å². The van der Waals surface area contributed by atoms with Gasteiger partial charge in [0.1, 0.15) is 0 Å². The molecule has 2 nitrogen and oxygen atoms in total. The molecule has 1 heterocycles. The Morgan fingerprint density at radius 2 is 2.10 bits per heavy atom. The van der Waals surface area contributed by atoms with Crippen LogP contribution in [0.25, 0.3) is 10.9 Å². The van der Waals surface area contributed by atoms with Gasteiger partial charge in [-0.15, -0.1) is 0 Å². The Morgan fingerprint density at radius 1 is 1.38 bits per heavy atom. The molecule has 116 valence electrons. The SMILES string of the molecule is CC(N)Cc1cn(CCSC(F)(F)F)c2cc(Cl)ccc12. The van der Waals surface area contributed by atoms with Gasteiger partial charge in [-0.2, -0.15) is 13.2 Å². The molecule has 2 aromatic rings. The average molecular weight is 337 g/mol. The second-order valence-corrected chi connectivity index (χ2v) is 6.58. The van der Waals surface area contributed by atoms with Crippen molar-refractivity contribution in [2.24, 2.45) is 5.73 Å². The van der Waals surface area contributed by atoms with Crippen molar-refractivity contribution in [3.05, 3.63) is 35.0 Å². The quantitative estimate of drug-likeness (QED) is 0.875. The molecule has 1 unspecified atom stereocenters. The van der Waals surface area contributed by atoms with E-state index in [1.807, 2.05) is 23.8 Å². The molecule has 21 heavy (non-hydrogen) atoms. The van der Waals surface area contributed by atoms with Crippen LogP contribution in [0.4, 0.5) is 13.2 Å². The highest BCUT2D eigenvalue weighted by atomic mass is 35.5. The highest BCUT2D eigenvalue weighted by Crippen LogP contribution is 2.31. The maximum atomic E-state index is 12.2. The van der Waals surface area contributed by atoms with Gasteiger partial charge in [0.05, 0.1) is 0 Å². The molecule has 1 aromatic heterocycles. The van der Waals surface area contributed by atoms with E-state index < -0.39 is 5.51 Å². The number of thioether (sulfide) groups is 1. The van der Waals surface area contributed by atoms with Crippen molar-refractivity contribution in [2.45, 2.75) is 31.4 Å². The zero-order valence-electron chi connectivity index (χ0n) is 11.5. The molecule has 0 saturated heterocycles. The fourth-order valence-corrected chi connectivity index (χ4v) is 2.98. The third-order valence-corrected chi connectivity index (χ3v) is 4.02.